The standard InChI is InChI=1S/C14H24BrN5/c1-4-7-16-13-12(15)14(18-10-17-13)20(3)11-5-8-19(2)9-6-11/h10-11H,4-9H2,1-3H3,(H,16,17,18). The van der Waals surface area contributed by atoms with Crippen LogP contribution < -0.4 is 10.2 Å². The molecule has 1 aromatic rings. The van der Waals surface area contributed by atoms with Gasteiger partial charge in [-0.3, -0.25) is 0 Å². The van der Waals surface area contributed by atoms with Crippen LogP contribution in [0, 0.1) is 0 Å². The van der Waals surface area contributed by atoms with Crippen LogP contribution in [0.2, 0.25) is 0 Å². The van der Waals surface area contributed by atoms with E-state index in [4.69, 9.17) is 0 Å². The van der Waals surface area contributed by atoms with E-state index in [2.05, 4.69) is 62.0 Å². The average molecular weight is 342 g/mol. The third kappa shape index (κ3) is 3.61. The first kappa shape index (κ1) is 15.5. The highest BCUT2D eigenvalue weighted by molar-refractivity contribution is 9.10. The number of anilines is 2. The molecule has 0 spiro atoms. The Hall–Kier alpha value is -0.880. The Morgan fingerprint density at radius 1 is 1.40 bits per heavy atom. The van der Waals surface area contributed by atoms with E-state index in [9.17, 15) is 0 Å². The second-order valence-electron chi connectivity index (χ2n) is 5.43. The van der Waals surface area contributed by atoms with Crippen LogP contribution in [0.4, 0.5) is 11.6 Å². The monoisotopic (exact) mass is 341 g/mol. The molecule has 2 heterocycles. The molecule has 1 aliphatic heterocycles. The minimum absolute atomic E-state index is 0.552. The van der Waals surface area contributed by atoms with Crippen LogP contribution in [0.5, 0.6) is 0 Å². The van der Waals surface area contributed by atoms with Gasteiger partial charge in [-0.1, -0.05) is 6.92 Å². The number of likely N-dealkylation sites (tertiary alicyclic amines) is 1. The first-order chi connectivity index (χ1) is 9.63. The molecule has 5 nitrogen and oxygen atoms in total. The van der Waals surface area contributed by atoms with Crippen molar-refractivity contribution in [3.63, 3.8) is 0 Å². The molecular weight excluding hydrogens is 318 g/mol. The van der Waals surface area contributed by atoms with Gasteiger partial charge >= 0.3 is 0 Å². The Bertz CT molecular complexity index is 432. The highest BCUT2D eigenvalue weighted by atomic mass is 79.9. The first-order valence-corrected chi connectivity index (χ1v) is 8.08. The summed E-state index contributed by atoms with van der Waals surface area (Å²) in [5, 5.41) is 3.33. The van der Waals surface area contributed by atoms with Gasteiger partial charge in [0.05, 0.1) is 0 Å². The molecule has 1 aliphatic rings. The van der Waals surface area contributed by atoms with Gasteiger partial charge in [0.25, 0.3) is 0 Å². The number of rotatable bonds is 5. The Balaban J connectivity index is 2.11. The molecule has 112 valence electrons. The Labute approximate surface area is 129 Å². The van der Waals surface area contributed by atoms with Crippen molar-refractivity contribution in [2.24, 2.45) is 0 Å². The summed E-state index contributed by atoms with van der Waals surface area (Å²) >= 11 is 3.65. The van der Waals surface area contributed by atoms with Crippen molar-refractivity contribution < 1.29 is 0 Å². The van der Waals surface area contributed by atoms with Crippen LogP contribution in [-0.2, 0) is 0 Å². The maximum Gasteiger partial charge on any atom is 0.148 e. The minimum atomic E-state index is 0.552. The van der Waals surface area contributed by atoms with Gasteiger partial charge in [0.2, 0.25) is 0 Å². The van der Waals surface area contributed by atoms with Gasteiger partial charge in [-0.25, -0.2) is 9.97 Å². The topological polar surface area (TPSA) is 44.3 Å². The summed E-state index contributed by atoms with van der Waals surface area (Å²) in [6, 6.07) is 0.552. The summed E-state index contributed by atoms with van der Waals surface area (Å²) in [5.41, 5.74) is 0. The number of nitrogens with one attached hydrogen (secondary N) is 1. The van der Waals surface area contributed by atoms with Crippen LogP contribution in [0.15, 0.2) is 10.8 Å². The van der Waals surface area contributed by atoms with Gasteiger partial charge in [-0.15, -0.1) is 0 Å². The van der Waals surface area contributed by atoms with Crippen LogP contribution in [-0.4, -0.2) is 54.6 Å². The van der Waals surface area contributed by atoms with Crippen LogP contribution in [0.25, 0.3) is 0 Å². The quantitative estimate of drug-likeness (QED) is 0.891. The van der Waals surface area contributed by atoms with E-state index in [-0.39, 0.29) is 0 Å². The molecule has 1 saturated heterocycles. The molecule has 0 radical (unpaired) electrons. The van der Waals surface area contributed by atoms with E-state index < -0.39 is 0 Å². The molecular formula is C14H24BrN5. The summed E-state index contributed by atoms with van der Waals surface area (Å²) in [6.07, 6.45) is 5.09. The SMILES string of the molecule is CCCNc1ncnc(N(C)C2CCN(C)CC2)c1Br. The maximum absolute atomic E-state index is 4.46. The van der Waals surface area contributed by atoms with E-state index in [1.807, 2.05) is 0 Å². The fourth-order valence-corrected chi connectivity index (χ4v) is 3.15. The summed E-state index contributed by atoms with van der Waals surface area (Å²) in [7, 11) is 4.32. The third-order valence-corrected chi connectivity index (χ3v) is 4.61. The number of piperidine rings is 1. The smallest absolute Gasteiger partial charge is 0.148 e. The molecule has 1 N–H and O–H groups in total. The number of nitrogens with zero attached hydrogens (tertiary/aromatic N) is 4. The largest absolute Gasteiger partial charge is 0.369 e. The predicted molar refractivity (Wildman–Crippen MR) is 87.4 cm³/mol. The lowest BCUT2D eigenvalue weighted by molar-refractivity contribution is 0.252. The molecule has 1 fully saturated rings. The number of hydrogen-bond acceptors (Lipinski definition) is 5. The lowest BCUT2D eigenvalue weighted by Gasteiger charge is -2.36. The predicted octanol–water partition coefficient (Wildman–Crippen LogP) is 2.59. The first-order valence-electron chi connectivity index (χ1n) is 7.29. The minimum Gasteiger partial charge on any atom is -0.369 e. The van der Waals surface area contributed by atoms with Crippen LogP contribution in [0.3, 0.4) is 0 Å². The van der Waals surface area contributed by atoms with Crippen LogP contribution in [0.1, 0.15) is 26.2 Å². The van der Waals surface area contributed by atoms with Crippen molar-refractivity contribution in [2.45, 2.75) is 32.2 Å². The van der Waals surface area contributed by atoms with E-state index in [0.29, 0.717) is 6.04 Å². The van der Waals surface area contributed by atoms with Crippen molar-refractivity contribution in [1.29, 1.82) is 0 Å². The summed E-state index contributed by atoms with van der Waals surface area (Å²) in [6.45, 7) is 5.37. The van der Waals surface area contributed by atoms with Gasteiger partial charge in [-0.2, -0.15) is 0 Å². The van der Waals surface area contributed by atoms with E-state index in [0.717, 1.165) is 42.2 Å². The molecule has 0 bridgehead atoms. The molecule has 2 rings (SSSR count). The highest BCUT2D eigenvalue weighted by Crippen LogP contribution is 2.31. The molecule has 0 atom stereocenters. The lowest BCUT2D eigenvalue weighted by atomic mass is 10.0. The molecule has 0 aromatic carbocycles. The molecule has 1 aromatic heterocycles. The van der Waals surface area contributed by atoms with Crippen molar-refractivity contribution in [1.82, 2.24) is 14.9 Å². The molecule has 0 unspecified atom stereocenters. The van der Waals surface area contributed by atoms with Gasteiger partial charge in [0.1, 0.15) is 22.4 Å². The molecule has 0 saturated carbocycles. The molecule has 20 heavy (non-hydrogen) atoms. The Morgan fingerprint density at radius 3 is 2.75 bits per heavy atom. The molecule has 6 heteroatoms. The molecule has 0 amide bonds. The zero-order valence-electron chi connectivity index (χ0n) is 12.6. The molecule has 0 aliphatic carbocycles. The lowest BCUT2D eigenvalue weighted by Crippen LogP contribution is -2.42. The second kappa shape index (κ2) is 7.22. The normalized spacial score (nSPS) is 17.2. The van der Waals surface area contributed by atoms with Crippen LogP contribution >= 0.6 is 15.9 Å². The van der Waals surface area contributed by atoms with Crippen molar-refractivity contribution >= 4 is 27.6 Å². The van der Waals surface area contributed by atoms with E-state index >= 15 is 0 Å². The van der Waals surface area contributed by atoms with E-state index in [1.165, 1.54) is 12.8 Å². The van der Waals surface area contributed by atoms with Crippen molar-refractivity contribution in [3.8, 4) is 0 Å². The van der Waals surface area contributed by atoms with Gasteiger partial charge in [0, 0.05) is 19.6 Å². The van der Waals surface area contributed by atoms with Gasteiger partial charge in [0.15, 0.2) is 0 Å². The summed E-state index contributed by atoms with van der Waals surface area (Å²) < 4.78 is 0.967. The summed E-state index contributed by atoms with van der Waals surface area (Å²) in [4.78, 5) is 13.4. The fourth-order valence-electron chi connectivity index (χ4n) is 2.53. The highest BCUT2D eigenvalue weighted by Gasteiger charge is 2.23. The number of hydrogen-bond donors (Lipinski definition) is 1. The number of aromatic nitrogens is 2. The summed E-state index contributed by atoms with van der Waals surface area (Å²) in [5.74, 6) is 1.87. The Kier molecular flexibility index (Phi) is 5.60. The average Bonchev–Trinajstić information content (AvgIpc) is 2.46. The van der Waals surface area contributed by atoms with E-state index in [1.54, 1.807) is 6.33 Å². The number of halogens is 1. The Morgan fingerprint density at radius 2 is 2.10 bits per heavy atom. The zero-order valence-corrected chi connectivity index (χ0v) is 14.2. The van der Waals surface area contributed by atoms with Crippen molar-refractivity contribution in [3.05, 3.63) is 10.8 Å². The van der Waals surface area contributed by atoms with Gasteiger partial charge in [-0.05, 0) is 55.3 Å². The van der Waals surface area contributed by atoms with Gasteiger partial charge < -0.3 is 15.1 Å². The third-order valence-electron chi connectivity index (χ3n) is 3.88. The maximum atomic E-state index is 4.46. The fraction of sp³-hybridized carbons (Fsp3) is 0.714. The second-order valence-corrected chi connectivity index (χ2v) is 6.22. The van der Waals surface area contributed by atoms with Crippen molar-refractivity contribution in [2.75, 3.05) is 43.9 Å². The zero-order chi connectivity index (χ0) is 14.5.